The van der Waals surface area contributed by atoms with Gasteiger partial charge in [0.2, 0.25) is 0 Å². The first-order valence-corrected chi connectivity index (χ1v) is 6.75. The van der Waals surface area contributed by atoms with E-state index < -0.39 is 48.4 Å². The van der Waals surface area contributed by atoms with Crippen LogP contribution in [-0.2, 0) is 38.7 Å². The van der Waals surface area contributed by atoms with Crippen molar-refractivity contribution >= 4 is 29.8 Å². The van der Waals surface area contributed by atoms with Crippen molar-refractivity contribution in [3.63, 3.8) is 0 Å². The standard InChI is InChI=1S/C6H14N4O2.C6H8O7.Zn/c7-4(5(11)12)2-1-3-10-6(8)9;7-3(8)1-6(13,5(11)12)2-4(9)10;/h4H,1-3,7H2,(H,11,12)(H4,8,9,10);13H,1-2H2,(H,7,8)(H,9,10)(H,11,12);/t4-;;/m0../s1. The van der Waals surface area contributed by atoms with E-state index in [1.807, 2.05) is 0 Å². The molecule has 0 bridgehead atoms. The Labute approximate surface area is 160 Å². The van der Waals surface area contributed by atoms with Crippen molar-refractivity contribution < 1.29 is 64.2 Å². The van der Waals surface area contributed by atoms with Crippen LogP contribution in [0.15, 0.2) is 4.99 Å². The molecule has 0 aromatic rings. The predicted octanol–water partition coefficient (Wildman–Crippen LogP) is -2.80. The van der Waals surface area contributed by atoms with E-state index in [0.29, 0.717) is 19.4 Å². The van der Waals surface area contributed by atoms with Crippen LogP contribution in [0.5, 0.6) is 0 Å². The van der Waals surface area contributed by atoms with Crippen molar-refractivity contribution in [2.45, 2.75) is 37.3 Å². The first kappa shape index (κ1) is 28.5. The molecule has 0 heterocycles. The van der Waals surface area contributed by atoms with Crippen molar-refractivity contribution in [2.24, 2.45) is 22.2 Å². The van der Waals surface area contributed by atoms with Gasteiger partial charge in [0.05, 0.1) is 12.8 Å². The fourth-order valence-corrected chi connectivity index (χ4v) is 1.36. The topological polar surface area (TPSA) is 260 Å². The number of aliphatic hydroxyl groups is 1. The van der Waals surface area contributed by atoms with Crippen LogP contribution in [-0.4, -0.2) is 73.6 Å². The number of hydrogen-bond acceptors (Lipinski definition) is 7. The van der Waals surface area contributed by atoms with Crippen LogP contribution in [0.1, 0.15) is 25.7 Å². The molecule has 0 radical (unpaired) electrons. The number of hydrogen-bond donors (Lipinski definition) is 8. The monoisotopic (exact) mass is 430 g/mol. The van der Waals surface area contributed by atoms with Crippen molar-refractivity contribution in [1.82, 2.24) is 0 Å². The normalized spacial score (nSPS) is 11.0. The maximum Gasteiger partial charge on any atom is 0.336 e. The molecule has 0 aliphatic rings. The fraction of sp³-hybridized carbons (Fsp3) is 0.583. The van der Waals surface area contributed by atoms with Crippen LogP contribution >= 0.6 is 0 Å². The van der Waals surface area contributed by atoms with Gasteiger partial charge in [-0.15, -0.1) is 0 Å². The Morgan fingerprint density at radius 2 is 1.38 bits per heavy atom. The van der Waals surface area contributed by atoms with Crippen LogP contribution in [0.4, 0.5) is 0 Å². The molecule has 0 aromatic heterocycles. The van der Waals surface area contributed by atoms with Gasteiger partial charge in [-0.1, -0.05) is 0 Å². The van der Waals surface area contributed by atoms with Gasteiger partial charge in [-0.05, 0) is 12.8 Å². The van der Waals surface area contributed by atoms with Crippen LogP contribution in [0, 0.1) is 0 Å². The molecule has 0 saturated carbocycles. The molecular weight excluding hydrogens is 410 g/mol. The summed E-state index contributed by atoms with van der Waals surface area (Å²) in [5, 5.41) is 42.2. The molecule has 1 atom stereocenters. The van der Waals surface area contributed by atoms with Crippen LogP contribution < -0.4 is 17.2 Å². The number of carboxylic acid groups (broad SMARTS) is 4. The second-order valence-corrected chi connectivity index (χ2v) is 4.87. The van der Waals surface area contributed by atoms with Crippen LogP contribution in [0.2, 0.25) is 0 Å². The molecule has 0 unspecified atom stereocenters. The number of carbonyl (C=O) groups is 4. The summed E-state index contributed by atoms with van der Waals surface area (Å²) < 4.78 is 0. The number of carboxylic acids is 4. The first-order valence-electron chi connectivity index (χ1n) is 6.75. The number of aliphatic carboxylic acids is 4. The summed E-state index contributed by atoms with van der Waals surface area (Å²) in [5.74, 6) is -6.01. The zero-order valence-corrected chi connectivity index (χ0v) is 16.8. The maximum atomic E-state index is 10.3. The summed E-state index contributed by atoms with van der Waals surface area (Å²) in [7, 11) is 0. The number of nitrogens with two attached hydrogens (primary N) is 3. The smallest absolute Gasteiger partial charge is 0.336 e. The van der Waals surface area contributed by atoms with Crippen molar-refractivity contribution in [3.05, 3.63) is 0 Å². The van der Waals surface area contributed by atoms with Gasteiger partial charge in [0.15, 0.2) is 11.6 Å². The Kier molecular flexibility index (Phi) is 15.3. The van der Waals surface area contributed by atoms with E-state index in [4.69, 9.17) is 42.7 Å². The zero-order valence-electron chi connectivity index (χ0n) is 13.9. The average Bonchev–Trinajstić information content (AvgIpc) is 2.41. The molecule has 0 amide bonds. The van der Waals surface area contributed by atoms with Gasteiger partial charge >= 0.3 is 23.9 Å². The first-order chi connectivity index (χ1) is 11.3. The van der Waals surface area contributed by atoms with Gasteiger partial charge in [-0.3, -0.25) is 19.4 Å². The van der Waals surface area contributed by atoms with E-state index in [1.165, 1.54) is 0 Å². The average molecular weight is 432 g/mol. The Morgan fingerprint density at radius 3 is 1.65 bits per heavy atom. The van der Waals surface area contributed by atoms with E-state index in [1.54, 1.807) is 0 Å². The Balaban J connectivity index is -0.000000393. The van der Waals surface area contributed by atoms with Crippen molar-refractivity contribution in [1.29, 1.82) is 0 Å². The second-order valence-electron chi connectivity index (χ2n) is 4.87. The molecule has 146 valence electrons. The Hall–Kier alpha value is -2.31. The fourth-order valence-electron chi connectivity index (χ4n) is 1.36. The van der Waals surface area contributed by atoms with Gasteiger partial charge in [0.1, 0.15) is 6.04 Å². The minimum Gasteiger partial charge on any atom is -0.481 e. The van der Waals surface area contributed by atoms with Gasteiger partial charge in [-0.2, -0.15) is 0 Å². The molecule has 0 fully saturated rings. The molecule has 0 aromatic carbocycles. The molecule has 0 saturated heterocycles. The zero-order chi connectivity index (χ0) is 20.2. The summed E-state index contributed by atoms with van der Waals surface area (Å²) in [6, 6.07) is -0.820. The third-order valence-corrected chi connectivity index (χ3v) is 2.57. The summed E-state index contributed by atoms with van der Waals surface area (Å²) in [6.45, 7) is 0.420. The van der Waals surface area contributed by atoms with E-state index in [2.05, 4.69) is 4.99 Å². The third-order valence-electron chi connectivity index (χ3n) is 2.57. The van der Waals surface area contributed by atoms with Gasteiger partial charge in [0.25, 0.3) is 0 Å². The minimum absolute atomic E-state index is 0. The largest absolute Gasteiger partial charge is 0.481 e. The van der Waals surface area contributed by atoms with Gasteiger partial charge in [0, 0.05) is 26.0 Å². The molecule has 13 nitrogen and oxygen atoms in total. The minimum atomic E-state index is -2.74. The quantitative estimate of drug-likeness (QED) is 0.0754. The third kappa shape index (κ3) is 15.2. The van der Waals surface area contributed by atoms with Gasteiger partial charge < -0.3 is 42.7 Å². The SMILES string of the molecule is NC(N)=NCCC[C@H](N)C(=O)O.O=C(O)CC(O)(CC(=O)O)C(=O)O.[Zn]. The summed E-state index contributed by atoms with van der Waals surface area (Å²) in [4.78, 5) is 44.4. The Bertz CT molecular complexity index is 507. The molecule has 0 rings (SSSR count). The number of nitrogens with zero attached hydrogens (tertiary/aromatic N) is 1. The van der Waals surface area contributed by atoms with E-state index in [0.717, 1.165) is 0 Å². The molecular formula is C12H22N4O9Zn. The number of aliphatic imine (C=N–C) groups is 1. The number of guanidine groups is 1. The molecule has 11 N–H and O–H groups in total. The number of rotatable bonds is 10. The van der Waals surface area contributed by atoms with Crippen LogP contribution in [0.3, 0.4) is 0 Å². The van der Waals surface area contributed by atoms with Crippen LogP contribution in [0.25, 0.3) is 0 Å². The predicted molar refractivity (Wildman–Crippen MR) is 82.6 cm³/mol. The Morgan fingerprint density at radius 1 is 0.962 bits per heavy atom. The van der Waals surface area contributed by atoms with E-state index >= 15 is 0 Å². The molecule has 0 aliphatic carbocycles. The van der Waals surface area contributed by atoms with Crippen molar-refractivity contribution in [2.75, 3.05) is 6.54 Å². The molecule has 14 heteroatoms. The second kappa shape index (κ2) is 13.9. The molecule has 26 heavy (non-hydrogen) atoms. The summed E-state index contributed by atoms with van der Waals surface area (Å²) in [6.07, 6.45) is -1.33. The molecule has 0 spiro atoms. The van der Waals surface area contributed by atoms with Gasteiger partial charge in [-0.25, -0.2) is 4.79 Å². The summed E-state index contributed by atoms with van der Waals surface area (Å²) in [5.41, 5.74) is 12.6. The maximum absolute atomic E-state index is 10.3. The summed E-state index contributed by atoms with van der Waals surface area (Å²) >= 11 is 0. The van der Waals surface area contributed by atoms with E-state index in [-0.39, 0.29) is 25.4 Å². The van der Waals surface area contributed by atoms with E-state index in [9.17, 15) is 19.2 Å². The molecule has 0 aliphatic heterocycles. The van der Waals surface area contributed by atoms with Crippen molar-refractivity contribution in [3.8, 4) is 0 Å².